The van der Waals surface area contributed by atoms with Crippen LogP contribution in [0.25, 0.3) is 0 Å². The molecule has 5 nitrogen and oxygen atoms in total. The molecule has 1 aromatic heterocycles. The second kappa shape index (κ2) is 6.09. The van der Waals surface area contributed by atoms with Gasteiger partial charge in [0.15, 0.2) is 0 Å². The summed E-state index contributed by atoms with van der Waals surface area (Å²) in [6.07, 6.45) is 2.22. The number of halogens is 1. The van der Waals surface area contributed by atoms with Crippen LogP contribution in [0, 0.1) is 0 Å². The summed E-state index contributed by atoms with van der Waals surface area (Å²) >= 11 is 3.37. The zero-order valence-electron chi connectivity index (χ0n) is 11.2. The molecule has 0 aliphatic rings. The van der Waals surface area contributed by atoms with Crippen molar-refractivity contribution in [2.75, 3.05) is 5.73 Å². The highest BCUT2D eigenvalue weighted by Gasteiger charge is 2.09. The number of hydrogen-bond donors (Lipinski definition) is 1. The van der Waals surface area contributed by atoms with Crippen LogP contribution < -0.4 is 17.0 Å². The van der Waals surface area contributed by atoms with Crippen LogP contribution in [-0.4, -0.2) is 9.13 Å². The van der Waals surface area contributed by atoms with E-state index < -0.39 is 5.56 Å². The van der Waals surface area contributed by atoms with Gasteiger partial charge in [0.05, 0.1) is 6.54 Å². The monoisotopic (exact) mass is 337 g/mol. The maximum atomic E-state index is 12.3. The number of aromatic nitrogens is 2. The van der Waals surface area contributed by atoms with Crippen molar-refractivity contribution in [3.8, 4) is 0 Å². The number of nitrogen functional groups attached to an aromatic ring is 1. The van der Waals surface area contributed by atoms with Gasteiger partial charge in [0.1, 0.15) is 5.69 Å². The second-order valence-corrected chi connectivity index (χ2v) is 5.50. The molecule has 0 spiro atoms. The van der Waals surface area contributed by atoms with Crippen molar-refractivity contribution in [2.45, 2.75) is 26.4 Å². The molecule has 0 saturated carbocycles. The Hall–Kier alpha value is -1.82. The standard InChI is InChI=1S/C14H16BrN3O2/c1-2-6-17-9-12(16)13(19)18(14(17)20)8-10-4-3-5-11(15)7-10/h3-5,7,9H,2,6,8,16H2,1H3. The molecule has 2 rings (SSSR count). The Balaban J connectivity index is 2.51. The van der Waals surface area contributed by atoms with Crippen LogP contribution in [-0.2, 0) is 13.1 Å². The lowest BCUT2D eigenvalue weighted by atomic mass is 10.2. The van der Waals surface area contributed by atoms with Gasteiger partial charge in [-0.2, -0.15) is 0 Å². The predicted octanol–water partition coefficient (Wildman–Crippen LogP) is 1.81. The molecule has 0 radical (unpaired) electrons. The Bertz CT molecular complexity index is 734. The zero-order chi connectivity index (χ0) is 14.7. The Morgan fingerprint density at radius 1 is 1.30 bits per heavy atom. The van der Waals surface area contributed by atoms with Gasteiger partial charge in [-0.1, -0.05) is 35.0 Å². The summed E-state index contributed by atoms with van der Waals surface area (Å²) in [6.45, 7) is 2.72. The normalized spacial score (nSPS) is 10.7. The molecule has 106 valence electrons. The molecule has 0 aliphatic carbocycles. The minimum atomic E-state index is -0.442. The fourth-order valence-electron chi connectivity index (χ4n) is 2.03. The van der Waals surface area contributed by atoms with Crippen molar-refractivity contribution < 1.29 is 0 Å². The van der Waals surface area contributed by atoms with E-state index >= 15 is 0 Å². The van der Waals surface area contributed by atoms with Gasteiger partial charge in [0.25, 0.3) is 5.56 Å². The molecule has 6 heteroatoms. The molecule has 0 fully saturated rings. The van der Waals surface area contributed by atoms with Gasteiger partial charge in [0, 0.05) is 17.2 Å². The van der Waals surface area contributed by atoms with Crippen LogP contribution in [0.1, 0.15) is 18.9 Å². The number of hydrogen-bond acceptors (Lipinski definition) is 3. The molecule has 2 N–H and O–H groups in total. The summed E-state index contributed by atoms with van der Waals surface area (Å²) in [5.74, 6) is 0. The van der Waals surface area contributed by atoms with Crippen LogP contribution in [0.3, 0.4) is 0 Å². The lowest BCUT2D eigenvalue weighted by molar-refractivity contribution is 0.573. The molecule has 1 heterocycles. The van der Waals surface area contributed by atoms with Crippen molar-refractivity contribution in [3.63, 3.8) is 0 Å². The van der Waals surface area contributed by atoms with Crippen LogP contribution in [0.4, 0.5) is 5.69 Å². The first-order valence-electron chi connectivity index (χ1n) is 6.37. The number of rotatable bonds is 4. The Morgan fingerprint density at radius 3 is 2.70 bits per heavy atom. The van der Waals surface area contributed by atoms with E-state index in [1.54, 1.807) is 0 Å². The van der Waals surface area contributed by atoms with E-state index in [4.69, 9.17) is 5.73 Å². The number of anilines is 1. The average Bonchev–Trinajstić information content (AvgIpc) is 2.41. The van der Waals surface area contributed by atoms with Gasteiger partial charge in [0.2, 0.25) is 0 Å². The molecular weight excluding hydrogens is 322 g/mol. The predicted molar refractivity (Wildman–Crippen MR) is 82.9 cm³/mol. The summed E-state index contributed by atoms with van der Waals surface area (Å²) in [5.41, 5.74) is 5.89. The highest BCUT2D eigenvalue weighted by Crippen LogP contribution is 2.11. The third kappa shape index (κ3) is 3.01. The van der Waals surface area contributed by atoms with Gasteiger partial charge in [-0.25, -0.2) is 4.79 Å². The zero-order valence-corrected chi connectivity index (χ0v) is 12.8. The molecule has 2 aromatic rings. The molecule has 1 aromatic carbocycles. The minimum Gasteiger partial charge on any atom is -0.393 e. The van der Waals surface area contributed by atoms with E-state index in [9.17, 15) is 9.59 Å². The third-order valence-corrected chi connectivity index (χ3v) is 3.45. The Labute approximate surface area is 124 Å². The molecule has 0 atom stereocenters. The van der Waals surface area contributed by atoms with Crippen LogP contribution in [0.15, 0.2) is 44.5 Å². The van der Waals surface area contributed by atoms with E-state index in [1.807, 2.05) is 31.2 Å². The largest absolute Gasteiger partial charge is 0.393 e. The molecule has 0 bridgehead atoms. The fourth-order valence-corrected chi connectivity index (χ4v) is 2.48. The van der Waals surface area contributed by atoms with Crippen molar-refractivity contribution >= 4 is 21.6 Å². The maximum absolute atomic E-state index is 12.3. The van der Waals surface area contributed by atoms with E-state index in [1.165, 1.54) is 15.3 Å². The number of nitrogens with zero attached hydrogens (tertiary/aromatic N) is 2. The molecular formula is C14H16BrN3O2. The van der Waals surface area contributed by atoms with Crippen LogP contribution >= 0.6 is 15.9 Å². The van der Waals surface area contributed by atoms with E-state index in [-0.39, 0.29) is 17.9 Å². The maximum Gasteiger partial charge on any atom is 0.331 e. The van der Waals surface area contributed by atoms with Gasteiger partial charge >= 0.3 is 5.69 Å². The van der Waals surface area contributed by atoms with Crippen LogP contribution in [0.5, 0.6) is 0 Å². The highest BCUT2D eigenvalue weighted by atomic mass is 79.9. The highest BCUT2D eigenvalue weighted by molar-refractivity contribution is 9.10. The summed E-state index contributed by atoms with van der Waals surface area (Å²) in [4.78, 5) is 24.3. The van der Waals surface area contributed by atoms with Crippen molar-refractivity contribution in [2.24, 2.45) is 0 Å². The summed E-state index contributed by atoms with van der Waals surface area (Å²) < 4.78 is 3.56. The fraction of sp³-hybridized carbons (Fsp3) is 0.286. The van der Waals surface area contributed by atoms with E-state index in [0.717, 1.165) is 16.5 Å². The first-order valence-corrected chi connectivity index (χ1v) is 7.16. The SMILES string of the molecule is CCCn1cc(N)c(=O)n(Cc2cccc(Br)c2)c1=O. The van der Waals surface area contributed by atoms with E-state index in [0.29, 0.717) is 6.54 Å². The topological polar surface area (TPSA) is 70.0 Å². The second-order valence-electron chi connectivity index (χ2n) is 4.58. The molecule has 0 amide bonds. The van der Waals surface area contributed by atoms with Gasteiger partial charge < -0.3 is 5.73 Å². The van der Waals surface area contributed by atoms with Gasteiger partial charge in [-0.3, -0.25) is 13.9 Å². The number of aryl methyl sites for hydroxylation is 1. The van der Waals surface area contributed by atoms with Crippen molar-refractivity contribution in [1.29, 1.82) is 0 Å². The van der Waals surface area contributed by atoms with Gasteiger partial charge in [-0.05, 0) is 24.1 Å². The smallest absolute Gasteiger partial charge is 0.331 e. The first kappa shape index (κ1) is 14.6. The summed E-state index contributed by atoms with van der Waals surface area (Å²) in [5, 5.41) is 0. The molecule has 20 heavy (non-hydrogen) atoms. The van der Waals surface area contributed by atoms with Crippen LogP contribution in [0.2, 0.25) is 0 Å². The number of nitrogens with two attached hydrogens (primary N) is 1. The first-order chi connectivity index (χ1) is 9.52. The quantitative estimate of drug-likeness (QED) is 0.924. The molecule has 0 aliphatic heterocycles. The Morgan fingerprint density at radius 2 is 2.05 bits per heavy atom. The molecule has 0 unspecified atom stereocenters. The van der Waals surface area contributed by atoms with E-state index in [2.05, 4.69) is 15.9 Å². The van der Waals surface area contributed by atoms with Crippen molar-refractivity contribution in [3.05, 3.63) is 61.3 Å². The Kier molecular flexibility index (Phi) is 4.44. The van der Waals surface area contributed by atoms with Gasteiger partial charge in [-0.15, -0.1) is 0 Å². The third-order valence-electron chi connectivity index (χ3n) is 2.96. The summed E-state index contributed by atoms with van der Waals surface area (Å²) in [7, 11) is 0. The number of benzene rings is 1. The summed E-state index contributed by atoms with van der Waals surface area (Å²) in [6, 6.07) is 7.49. The molecule has 0 saturated heterocycles. The van der Waals surface area contributed by atoms with Crippen molar-refractivity contribution in [1.82, 2.24) is 9.13 Å². The minimum absolute atomic E-state index is 0.0908. The lowest BCUT2D eigenvalue weighted by Gasteiger charge is -2.11. The lowest BCUT2D eigenvalue weighted by Crippen LogP contribution is -2.40. The average molecular weight is 338 g/mol.